The first-order valence-corrected chi connectivity index (χ1v) is 10.1. The molecular formula is C23H29ClN4O2. The number of aromatic nitrogens is 2. The van der Waals surface area contributed by atoms with Crippen molar-refractivity contribution < 1.29 is 9.53 Å². The van der Waals surface area contributed by atoms with Crippen molar-refractivity contribution >= 4 is 29.3 Å². The van der Waals surface area contributed by atoms with Crippen LogP contribution in [0.2, 0.25) is 0 Å². The van der Waals surface area contributed by atoms with E-state index in [1.165, 1.54) is 0 Å². The van der Waals surface area contributed by atoms with E-state index in [1.54, 1.807) is 0 Å². The van der Waals surface area contributed by atoms with E-state index in [-0.39, 0.29) is 29.8 Å². The molecule has 1 amide bonds. The molecule has 1 heterocycles. The van der Waals surface area contributed by atoms with E-state index in [0.717, 1.165) is 22.3 Å². The van der Waals surface area contributed by atoms with Crippen LogP contribution in [-0.4, -0.2) is 33.7 Å². The number of nitrogens with zero attached hydrogens (tertiary/aromatic N) is 2. The van der Waals surface area contributed by atoms with E-state index in [0.29, 0.717) is 19.6 Å². The molecule has 3 aromatic rings. The molecule has 0 spiro atoms. The summed E-state index contributed by atoms with van der Waals surface area (Å²) in [6.07, 6.45) is 2.40. The Morgan fingerprint density at radius 3 is 2.60 bits per heavy atom. The highest BCUT2D eigenvalue weighted by Crippen LogP contribution is 2.49. The van der Waals surface area contributed by atoms with E-state index in [1.807, 2.05) is 75.6 Å². The van der Waals surface area contributed by atoms with Crippen molar-refractivity contribution in [2.45, 2.75) is 45.4 Å². The standard InChI is InChI=1S/C23H28N4O2.ClH/c1-4-29-20-13-23(24,22(20,2)3)21(28)25-14-16-9-11-17(12-10-16)27-15-26-18-7-5-6-8-19(18)27;/h5-12,15,20H,4,13-14,24H2,1-3H3,(H,25,28);1H. The van der Waals surface area contributed by atoms with Crippen molar-refractivity contribution in [3.8, 4) is 5.69 Å². The Labute approximate surface area is 183 Å². The maximum atomic E-state index is 12.8. The number of carbonyl (C=O) groups excluding carboxylic acids is 1. The van der Waals surface area contributed by atoms with Crippen LogP contribution in [0, 0.1) is 5.41 Å². The van der Waals surface area contributed by atoms with Crippen molar-refractivity contribution in [1.29, 1.82) is 0 Å². The van der Waals surface area contributed by atoms with Crippen LogP contribution in [0.4, 0.5) is 0 Å². The Morgan fingerprint density at radius 2 is 1.93 bits per heavy atom. The topological polar surface area (TPSA) is 82.2 Å². The molecule has 30 heavy (non-hydrogen) atoms. The van der Waals surface area contributed by atoms with Gasteiger partial charge in [-0.1, -0.05) is 38.1 Å². The fourth-order valence-electron chi connectivity index (χ4n) is 4.10. The lowest BCUT2D eigenvalue weighted by molar-refractivity contribution is -0.170. The van der Waals surface area contributed by atoms with Crippen LogP contribution in [-0.2, 0) is 16.1 Å². The number of nitrogens with one attached hydrogen (secondary N) is 1. The van der Waals surface area contributed by atoms with Gasteiger partial charge in [-0.2, -0.15) is 0 Å². The van der Waals surface area contributed by atoms with Crippen LogP contribution < -0.4 is 11.1 Å². The number of imidazole rings is 1. The quantitative estimate of drug-likeness (QED) is 0.628. The molecule has 1 saturated carbocycles. The van der Waals surface area contributed by atoms with Gasteiger partial charge in [0, 0.05) is 30.7 Å². The van der Waals surface area contributed by atoms with Gasteiger partial charge in [-0.05, 0) is 36.8 Å². The van der Waals surface area contributed by atoms with Crippen LogP contribution in [0.5, 0.6) is 0 Å². The molecule has 6 nitrogen and oxygen atoms in total. The van der Waals surface area contributed by atoms with Gasteiger partial charge in [-0.15, -0.1) is 12.4 Å². The van der Waals surface area contributed by atoms with Crippen LogP contribution in [0.3, 0.4) is 0 Å². The fraction of sp³-hybridized carbons (Fsp3) is 0.391. The normalized spacial score (nSPS) is 22.2. The summed E-state index contributed by atoms with van der Waals surface area (Å²) >= 11 is 0. The largest absolute Gasteiger partial charge is 0.378 e. The first kappa shape index (κ1) is 22.3. The van der Waals surface area contributed by atoms with Gasteiger partial charge in [-0.25, -0.2) is 4.98 Å². The molecule has 0 radical (unpaired) electrons. The van der Waals surface area contributed by atoms with Crippen molar-refractivity contribution in [1.82, 2.24) is 14.9 Å². The Kier molecular flexibility index (Phi) is 6.22. The Hall–Kier alpha value is -2.41. The van der Waals surface area contributed by atoms with E-state index >= 15 is 0 Å². The van der Waals surface area contributed by atoms with Gasteiger partial charge in [-0.3, -0.25) is 9.36 Å². The number of para-hydroxylation sites is 2. The molecule has 7 heteroatoms. The number of benzene rings is 2. The average molecular weight is 429 g/mol. The van der Waals surface area contributed by atoms with Gasteiger partial charge in [0.05, 0.1) is 17.1 Å². The number of fused-ring (bicyclic) bond motifs is 1. The van der Waals surface area contributed by atoms with Crippen LogP contribution in [0.15, 0.2) is 54.9 Å². The van der Waals surface area contributed by atoms with Gasteiger partial charge in [0.2, 0.25) is 5.91 Å². The third-order valence-electron chi connectivity index (χ3n) is 6.36. The summed E-state index contributed by atoms with van der Waals surface area (Å²) in [4.78, 5) is 17.2. The zero-order valence-electron chi connectivity index (χ0n) is 17.6. The maximum absolute atomic E-state index is 12.8. The SMILES string of the molecule is CCOC1CC(N)(C(=O)NCc2ccc(-n3cnc4ccccc43)cc2)C1(C)C.Cl. The molecule has 1 aromatic heterocycles. The van der Waals surface area contributed by atoms with Crippen molar-refractivity contribution in [3.05, 3.63) is 60.4 Å². The number of ether oxygens (including phenoxy) is 1. The van der Waals surface area contributed by atoms with Crippen molar-refractivity contribution in [2.24, 2.45) is 11.1 Å². The summed E-state index contributed by atoms with van der Waals surface area (Å²) in [7, 11) is 0. The lowest BCUT2D eigenvalue weighted by atomic mass is 9.54. The molecule has 4 rings (SSSR count). The predicted octanol–water partition coefficient (Wildman–Crippen LogP) is 3.60. The molecule has 3 N–H and O–H groups in total. The lowest BCUT2D eigenvalue weighted by Gasteiger charge is -2.57. The molecule has 2 unspecified atom stereocenters. The average Bonchev–Trinajstić information content (AvgIpc) is 3.16. The van der Waals surface area contributed by atoms with Crippen molar-refractivity contribution in [2.75, 3.05) is 6.61 Å². The van der Waals surface area contributed by atoms with Crippen LogP contribution >= 0.6 is 12.4 Å². The minimum Gasteiger partial charge on any atom is -0.378 e. The number of hydrogen-bond donors (Lipinski definition) is 2. The molecule has 2 atom stereocenters. The van der Waals surface area contributed by atoms with Gasteiger partial charge < -0.3 is 15.8 Å². The highest BCUT2D eigenvalue weighted by atomic mass is 35.5. The summed E-state index contributed by atoms with van der Waals surface area (Å²) in [5, 5.41) is 3.00. The Balaban J connectivity index is 0.00000256. The zero-order valence-corrected chi connectivity index (χ0v) is 18.4. The molecule has 1 aliphatic rings. The van der Waals surface area contributed by atoms with Gasteiger partial charge in [0.25, 0.3) is 0 Å². The van der Waals surface area contributed by atoms with Crippen LogP contribution in [0.1, 0.15) is 32.8 Å². The van der Waals surface area contributed by atoms with Gasteiger partial charge in [0.1, 0.15) is 11.9 Å². The summed E-state index contributed by atoms with van der Waals surface area (Å²) in [6, 6.07) is 16.1. The molecular weight excluding hydrogens is 400 g/mol. The van der Waals surface area contributed by atoms with Crippen LogP contribution in [0.25, 0.3) is 16.7 Å². The Morgan fingerprint density at radius 1 is 1.23 bits per heavy atom. The number of nitrogens with two attached hydrogens (primary N) is 1. The highest BCUT2D eigenvalue weighted by molar-refractivity contribution is 5.88. The number of carbonyl (C=O) groups is 1. The van der Waals surface area contributed by atoms with Gasteiger partial charge in [0.15, 0.2) is 0 Å². The molecule has 0 bridgehead atoms. The zero-order chi connectivity index (χ0) is 20.6. The molecule has 1 aliphatic carbocycles. The van der Waals surface area contributed by atoms with E-state index in [2.05, 4.69) is 14.9 Å². The smallest absolute Gasteiger partial charge is 0.241 e. The lowest BCUT2D eigenvalue weighted by Crippen LogP contribution is -2.75. The second kappa shape index (κ2) is 8.38. The minimum atomic E-state index is -0.900. The molecule has 0 saturated heterocycles. The molecule has 0 aliphatic heterocycles. The minimum absolute atomic E-state index is 0. The number of hydrogen-bond acceptors (Lipinski definition) is 4. The third kappa shape index (κ3) is 3.60. The summed E-state index contributed by atoms with van der Waals surface area (Å²) < 4.78 is 7.77. The third-order valence-corrected chi connectivity index (χ3v) is 6.36. The predicted molar refractivity (Wildman–Crippen MR) is 121 cm³/mol. The first-order chi connectivity index (χ1) is 13.9. The summed E-state index contributed by atoms with van der Waals surface area (Å²) in [5.41, 5.74) is 9.24. The molecule has 160 valence electrons. The van der Waals surface area contributed by atoms with E-state index < -0.39 is 5.54 Å². The second-order valence-corrected chi connectivity index (χ2v) is 8.29. The maximum Gasteiger partial charge on any atom is 0.241 e. The molecule has 2 aromatic carbocycles. The monoisotopic (exact) mass is 428 g/mol. The highest BCUT2D eigenvalue weighted by Gasteiger charge is 2.62. The van der Waals surface area contributed by atoms with E-state index in [4.69, 9.17) is 10.5 Å². The number of rotatable bonds is 6. The molecule has 1 fully saturated rings. The fourth-order valence-corrected chi connectivity index (χ4v) is 4.10. The Bertz CT molecular complexity index is 1030. The number of halogens is 1. The summed E-state index contributed by atoms with van der Waals surface area (Å²) in [5.74, 6) is -0.122. The number of amides is 1. The first-order valence-electron chi connectivity index (χ1n) is 10.1. The second-order valence-electron chi connectivity index (χ2n) is 8.29. The van der Waals surface area contributed by atoms with Gasteiger partial charge >= 0.3 is 0 Å². The van der Waals surface area contributed by atoms with Crippen molar-refractivity contribution in [3.63, 3.8) is 0 Å². The van der Waals surface area contributed by atoms with E-state index in [9.17, 15) is 4.79 Å². The summed E-state index contributed by atoms with van der Waals surface area (Å²) in [6.45, 7) is 7.03.